The quantitative estimate of drug-likeness (QED) is 0.631. The number of carbonyl (C=O) groups excluding carboxylic acids is 1. The van der Waals surface area contributed by atoms with E-state index in [-0.39, 0.29) is 24.3 Å². The minimum absolute atomic E-state index is 0.0449. The van der Waals surface area contributed by atoms with Crippen molar-refractivity contribution in [2.45, 2.75) is 56.3 Å². The number of benzene rings is 1. The van der Waals surface area contributed by atoms with Crippen LogP contribution in [0.1, 0.15) is 48.5 Å². The van der Waals surface area contributed by atoms with Crippen LogP contribution in [0.3, 0.4) is 0 Å². The van der Waals surface area contributed by atoms with Crippen molar-refractivity contribution in [2.24, 2.45) is 0 Å². The van der Waals surface area contributed by atoms with Crippen molar-refractivity contribution in [3.8, 4) is 6.07 Å². The zero-order chi connectivity index (χ0) is 21.7. The van der Waals surface area contributed by atoms with E-state index in [9.17, 15) is 10.1 Å². The van der Waals surface area contributed by atoms with Crippen LogP contribution in [-0.4, -0.2) is 43.7 Å². The molecule has 3 aromatic rings. The number of hydrogen-bond acceptors (Lipinski definition) is 7. The van der Waals surface area contributed by atoms with Gasteiger partial charge in [0.2, 0.25) is 0 Å². The Hall–Kier alpha value is -3.41. The fourth-order valence-corrected chi connectivity index (χ4v) is 5.21. The van der Waals surface area contributed by atoms with Crippen LogP contribution in [-0.2, 0) is 20.9 Å². The molecule has 2 saturated heterocycles. The number of amides is 1. The summed E-state index contributed by atoms with van der Waals surface area (Å²) < 4.78 is 12.4. The topological polar surface area (TPSA) is 101 Å². The number of aromatic nitrogens is 3. The average molecular weight is 427 g/mol. The van der Waals surface area contributed by atoms with E-state index in [4.69, 9.17) is 9.47 Å². The van der Waals surface area contributed by atoms with Crippen LogP contribution >= 0.6 is 0 Å². The van der Waals surface area contributed by atoms with Gasteiger partial charge in [-0.1, -0.05) is 12.1 Å². The van der Waals surface area contributed by atoms with Crippen LogP contribution < -0.4 is 0 Å². The summed E-state index contributed by atoms with van der Waals surface area (Å²) >= 11 is 0. The minimum atomic E-state index is -0.773. The lowest BCUT2D eigenvalue weighted by molar-refractivity contribution is -0.177. The molecule has 1 unspecified atom stereocenters. The molecule has 2 aromatic heterocycles. The van der Waals surface area contributed by atoms with Crippen molar-refractivity contribution in [1.29, 1.82) is 5.26 Å². The van der Waals surface area contributed by atoms with Crippen LogP contribution in [0, 0.1) is 11.3 Å². The van der Waals surface area contributed by atoms with Crippen LogP contribution in [0.5, 0.6) is 0 Å². The molecule has 0 bridgehead atoms. The predicted molar refractivity (Wildman–Crippen MR) is 113 cm³/mol. The van der Waals surface area contributed by atoms with Gasteiger partial charge in [-0.25, -0.2) is 0 Å². The highest BCUT2D eigenvalue weighted by Gasteiger charge is 2.63. The highest BCUT2D eigenvalue weighted by molar-refractivity contribution is 5.89. The molecule has 4 heterocycles. The molecular weight excluding hydrogens is 406 g/mol. The molecule has 1 aromatic carbocycles. The minimum Gasteiger partial charge on any atom is -0.373 e. The number of fused-ring (bicyclic) bond motifs is 2. The van der Waals surface area contributed by atoms with Gasteiger partial charge in [-0.15, -0.1) is 0 Å². The summed E-state index contributed by atoms with van der Waals surface area (Å²) in [6.07, 6.45) is 9.24. The fraction of sp³-hybridized carbons (Fsp3) is 0.375. The molecule has 2 atom stereocenters. The van der Waals surface area contributed by atoms with E-state index in [0.717, 1.165) is 29.5 Å². The first-order chi connectivity index (χ1) is 15.7. The van der Waals surface area contributed by atoms with Crippen LogP contribution in [0.2, 0.25) is 0 Å². The lowest BCUT2D eigenvalue weighted by Gasteiger charge is -2.42. The van der Waals surface area contributed by atoms with Gasteiger partial charge in [0.25, 0.3) is 5.91 Å². The van der Waals surface area contributed by atoms with Gasteiger partial charge in [0, 0.05) is 36.8 Å². The van der Waals surface area contributed by atoms with Gasteiger partial charge in [-0.05, 0) is 30.5 Å². The smallest absolute Gasteiger partial charge is 0.257 e. The molecule has 1 spiro atoms. The van der Waals surface area contributed by atoms with Crippen LogP contribution in [0.25, 0.3) is 10.9 Å². The average Bonchev–Trinajstić information content (AvgIpc) is 3.35. The maximum absolute atomic E-state index is 13.3. The van der Waals surface area contributed by atoms with Gasteiger partial charge in [-0.2, -0.15) is 5.26 Å². The number of hydrogen-bond donors (Lipinski definition) is 0. The van der Waals surface area contributed by atoms with E-state index in [1.54, 1.807) is 30.9 Å². The Morgan fingerprint density at radius 3 is 2.91 bits per heavy atom. The summed E-state index contributed by atoms with van der Waals surface area (Å²) in [6.45, 7) is 0.401. The molecule has 8 heteroatoms. The molecule has 3 aliphatic rings. The Morgan fingerprint density at radius 2 is 2.09 bits per heavy atom. The predicted octanol–water partition coefficient (Wildman–Crippen LogP) is 3.03. The van der Waals surface area contributed by atoms with E-state index in [0.29, 0.717) is 30.5 Å². The number of rotatable bonds is 4. The number of carbonyl (C=O) groups is 1. The second kappa shape index (κ2) is 7.33. The molecule has 2 aliphatic heterocycles. The van der Waals surface area contributed by atoms with Crippen molar-refractivity contribution >= 4 is 16.8 Å². The number of ether oxygens (including phenoxy) is 2. The molecule has 32 heavy (non-hydrogen) atoms. The monoisotopic (exact) mass is 427 g/mol. The lowest BCUT2D eigenvalue weighted by Crippen LogP contribution is -2.54. The first-order valence-corrected chi connectivity index (χ1v) is 10.8. The number of pyridine rings is 1. The maximum Gasteiger partial charge on any atom is 0.257 e. The van der Waals surface area contributed by atoms with E-state index in [2.05, 4.69) is 21.0 Å². The van der Waals surface area contributed by atoms with Gasteiger partial charge < -0.3 is 14.4 Å². The van der Waals surface area contributed by atoms with Crippen molar-refractivity contribution in [3.05, 3.63) is 65.9 Å². The summed E-state index contributed by atoms with van der Waals surface area (Å²) in [6, 6.07) is 9.62. The van der Waals surface area contributed by atoms with Gasteiger partial charge in [0.05, 0.1) is 41.7 Å². The zero-order valence-corrected chi connectivity index (χ0v) is 17.3. The normalized spacial score (nSPS) is 28.7. The van der Waals surface area contributed by atoms with Crippen molar-refractivity contribution in [3.63, 3.8) is 0 Å². The molecule has 1 aliphatic carbocycles. The van der Waals surface area contributed by atoms with Crippen molar-refractivity contribution in [1.82, 2.24) is 19.9 Å². The highest BCUT2D eigenvalue weighted by atomic mass is 16.6. The fourth-order valence-electron chi connectivity index (χ4n) is 5.21. The summed E-state index contributed by atoms with van der Waals surface area (Å²) in [5, 5.41) is 10.2. The Balaban J connectivity index is 1.13. The SMILES string of the molecule is N#Cc1ccc(COC2CC3(C2)OC2CC[C@@H](c4cnccn4)N2C3=O)c2cccnc12. The first-order valence-electron chi connectivity index (χ1n) is 10.8. The zero-order valence-electron chi connectivity index (χ0n) is 17.3. The molecule has 1 saturated carbocycles. The van der Waals surface area contributed by atoms with Gasteiger partial charge >= 0.3 is 0 Å². The Kier molecular flexibility index (Phi) is 4.42. The van der Waals surface area contributed by atoms with Crippen LogP contribution in [0.15, 0.2) is 49.1 Å². The highest BCUT2D eigenvalue weighted by Crippen LogP contribution is 2.51. The second-order valence-electron chi connectivity index (χ2n) is 8.63. The van der Waals surface area contributed by atoms with Crippen LogP contribution in [0.4, 0.5) is 0 Å². The summed E-state index contributed by atoms with van der Waals surface area (Å²) in [4.78, 5) is 28.1. The van der Waals surface area contributed by atoms with Crippen molar-refractivity contribution < 1.29 is 14.3 Å². The van der Waals surface area contributed by atoms with E-state index in [1.165, 1.54) is 0 Å². The third-order valence-corrected chi connectivity index (χ3v) is 6.81. The molecular formula is C24H21N5O3. The van der Waals surface area contributed by atoms with E-state index in [1.807, 2.05) is 23.1 Å². The van der Waals surface area contributed by atoms with Gasteiger partial charge in [0.15, 0.2) is 5.60 Å². The molecule has 3 fully saturated rings. The largest absolute Gasteiger partial charge is 0.373 e. The van der Waals surface area contributed by atoms with E-state index < -0.39 is 5.60 Å². The lowest BCUT2D eigenvalue weighted by atomic mass is 9.76. The second-order valence-corrected chi connectivity index (χ2v) is 8.63. The van der Waals surface area contributed by atoms with Gasteiger partial charge in [-0.3, -0.25) is 19.7 Å². The third-order valence-electron chi connectivity index (χ3n) is 6.81. The Morgan fingerprint density at radius 1 is 1.19 bits per heavy atom. The first kappa shape index (κ1) is 19.3. The number of nitrogens with zero attached hydrogens (tertiary/aromatic N) is 5. The third kappa shape index (κ3) is 2.89. The maximum atomic E-state index is 13.3. The molecule has 6 rings (SSSR count). The summed E-state index contributed by atoms with van der Waals surface area (Å²) in [7, 11) is 0. The molecule has 0 N–H and O–H groups in total. The van der Waals surface area contributed by atoms with Crippen molar-refractivity contribution in [2.75, 3.05) is 0 Å². The number of nitriles is 1. The van der Waals surface area contributed by atoms with E-state index >= 15 is 0 Å². The van der Waals surface area contributed by atoms with Gasteiger partial charge in [0.1, 0.15) is 12.3 Å². The Bertz CT molecular complexity index is 1240. The molecule has 0 radical (unpaired) electrons. The molecule has 160 valence electrons. The summed E-state index contributed by atoms with van der Waals surface area (Å²) in [5.74, 6) is 0.0449. The Labute approximate surface area is 184 Å². The summed E-state index contributed by atoms with van der Waals surface area (Å²) in [5.41, 5.74) is 2.26. The standard InChI is InChI=1S/C24H21N5O3/c25-12-15-3-4-16(18-2-1-7-28-22(15)18)14-31-17-10-24(11-17)23(30)29-20(5-6-21(29)32-24)19-13-26-8-9-27-19/h1-4,7-9,13,17,20-21H,5-6,10-11,14H2/t17?,20-,21?,24?/m0/s1. The molecule has 1 amide bonds. The molecule has 8 nitrogen and oxygen atoms in total.